The summed E-state index contributed by atoms with van der Waals surface area (Å²) in [5.74, 6) is -0.0448. The number of carbonyl (C=O) groups excluding carboxylic acids is 1. The number of hydrogen-bond acceptors (Lipinski definition) is 5. The molecule has 0 atom stereocenters. The largest absolute Gasteiger partial charge is 0.468 e. The number of esters is 1. The molecule has 0 saturated heterocycles. The first-order valence-electron chi connectivity index (χ1n) is 9.76. The average Bonchev–Trinajstić information content (AvgIpc) is 3.10. The fraction of sp³-hybridized carbons (Fsp3) is 0.208. The smallest absolute Gasteiger partial charge is 0.316 e. The van der Waals surface area contributed by atoms with Crippen molar-refractivity contribution in [1.82, 2.24) is 14.6 Å². The lowest BCUT2D eigenvalue weighted by atomic mass is 10.0. The van der Waals surface area contributed by atoms with Crippen molar-refractivity contribution in [2.75, 3.05) is 12.9 Å². The zero-order chi connectivity index (χ0) is 21.1. The summed E-state index contributed by atoms with van der Waals surface area (Å²) in [6.45, 7) is 4.02. The van der Waals surface area contributed by atoms with Gasteiger partial charge in [0.2, 0.25) is 0 Å². The normalized spacial score (nSPS) is 11.0. The molecule has 4 rings (SSSR count). The summed E-state index contributed by atoms with van der Waals surface area (Å²) in [6.07, 6.45) is 0.721. The van der Waals surface area contributed by atoms with Gasteiger partial charge in [-0.2, -0.15) is 5.10 Å². The Balaban J connectivity index is 1.90. The summed E-state index contributed by atoms with van der Waals surface area (Å²) >= 11 is 1.45. The van der Waals surface area contributed by atoms with Crippen LogP contribution in [0.3, 0.4) is 0 Å². The minimum atomic E-state index is -0.263. The van der Waals surface area contributed by atoms with Gasteiger partial charge in [0.25, 0.3) is 0 Å². The van der Waals surface area contributed by atoms with Gasteiger partial charge in [0.1, 0.15) is 5.03 Å². The third-order valence-corrected chi connectivity index (χ3v) is 6.11. The van der Waals surface area contributed by atoms with E-state index in [4.69, 9.17) is 14.8 Å². The number of ether oxygens (including phenoxy) is 1. The molecule has 0 saturated carbocycles. The second kappa shape index (κ2) is 8.71. The predicted molar refractivity (Wildman–Crippen MR) is 120 cm³/mol. The van der Waals surface area contributed by atoms with Crippen molar-refractivity contribution in [3.8, 4) is 11.1 Å². The molecule has 0 aliphatic carbocycles. The fourth-order valence-electron chi connectivity index (χ4n) is 3.55. The van der Waals surface area contributed by atoms with E-state index < -0.39 is 0 Å². The lowest BCUT2D eigenvalue weighted by Crippen LogP contribution is -2.09. The number of aromatic nitrogens is 3. The van der Waals surface area contributed by atoms with Crippen LogP contribution in [0.2, 0.25) is 0 Å². The first-order chi connectivity index (χ1) is 14.6. The number of thioether (sulfide) groups is 1. The van der Waals surface area contributed by atoms with Gasteiger partial charge in [-0.3, -0.25) is 4.79 Å². The van der Waals surface area contributed by atoms with Gasteiger partial charge in [-0.1, -0.05) is 72.4 Å². The maximum atomic E-state index is 11.9. The topological polar surface area (TPSA) is 56.5 Å². The van der Waals surface area contributed by atoms with E-state index in [0.29, 0.717) is 0 Å². The maximum absolute atomic E-state index is 11.9. The molecular formula is C24H23N3O2S. The Morgan fingerprint density at radius 3 is 2.33 bits per heavy atom. The van der Waals surface area contributed by atoms with Crippen molar-refractivity contribution < 1.29 is 9.53 Å². The molecule has 6 heteroatoms. The Hall–Kier alpha value is -3.12. The number of methoxy groups -OCH3 is 1. The number of hydrogen-bond donors (Lipinski definition) is 0. The van der Waals surface area contributed by atoms with Gasteiger partial charge in [0.05, 0.1) is 18.6 Å². The minimum Gasteiger partial charge on any atom is -0.468 e. The molecular weight excluding hydrogens is 394 g/mol. The highest BCUT2D eigenvalue weighted by molar-refractivity contribution is 7.99. The number of fused-ring (bicyclic) bond motifs is 1. The lowest BCUT2D eigenvalue weighted by molar-refractivity contribution is -0.137. The number of rotatable bonds is 6. The van der Waals surface area contributed by atoms with Gasteiger partial charge < -0.3 is 4.74 Å². The van der Waals surface area contributed by atoms with Crippen LogP contribution < -0.4 is 0 Å². The van der Waals surface area contributed by atoms with Crippen LogP contribution in [0.25, 0.3) is 16.8 Å². The van der Waals surface area contributed by atoms with Crippen molar-refractivity contribution in [3.05, 3.63) is 83.2 Å². The molecule has 2 aromatic heterocycles. The summed E-state index contributed by atoms with van der Waals surface area (Å²) in [4.78, 5) is 16.8. The first-order valence-corrected chi connectivity index (χ1v) is 10.7. The van der Waals surface area contributed by atoms with E-state index >= 15 is 0 Å². The predicted octanol–water partition coefficient (Wildman–Crippen LogP) is 4.87. The van der Waals surface area contributed by atoms with E-state index in [1.54, 1.807) is 0 Å². The van der Waals surface area contributed by atoms with Crippen molar-refractivity contribution in [2.24, 2.45) is 0 Å². The standard InChI is InChI=1S/C24H23N3O2S/c1-16-20(14-18-10-6-4-7-11-18)24(30-15-21(28)29-3)27-23(25-16)22(17(2)26-27)19-12-8-5-9-13-19/h4-13H,14-15H2,1-3H3. The van der Waals surface area contributed by atoms with Crippen molar-refractivity contribution >= 4 is 23.4 Å². The monoisotopic (exact) mass is 417 g/mol. The van der Waals surface area contributed by atoms with E-state index in [1.165, 1.54) is 24.4 Å². The Bertz CT molecular complexity index is 1190. The van der Waals surface area contributed by atoms with Crippen molar-refractivity contribution in [2.45, 2.75) is 25.3 Å². The van der Waals surface area contributed by atoms with Crippen molar-refractivity contribution in [3.63, 3.8) is 0 Å². The zero-order valence-corrected chi connectivity index (χ0v) is 18.1. The molecule has 0 N–H and O–H groups in total. The third-order valence-electron chi connectivity index (χ3n) is 5.04. The van der Waals surface area contributed by atoms with E-state index in [9.17, 15) is 4.79 Å². The van der Waals surface area contributed by atoms with Gasteiger partial charge in [-0.25, -0.2) is 9.50 Å². The van der Waals surface area contributed by atoms with Gasteiger partial charge in [0.15, 0.2) is 5.65 Å². The Morgan fingerprint density at radius 2 is 1.67 bits per heavy atom. The second-order valence-electron chi connectivity index (χ2n) is 7.07. The molecule has 0 fully saturated rings. The first kappa shape index (κ1) is 20.2. The molecule has 2 aromatic carbocycles. The molecule has 0 radical (unpaired) electrons. The number of aryl methyl sites for hydroxylation is 2. The van der Waals surface area contributed by atoms with Gasteiger partial charge in [0, 0.05) is 23.2 Å². The molecule has 0 amide bonds. The third kappa shape index (κ3) is 3.96. The van der Waals surface area contributed by atoms with Crippen LogP contribution in [0.4, 0.5) is 0 Å². The Kier molecular flexibility index (Phi) is 5.86. The van der Waals surface area contributed by atoms with Crippen LogP contribution >= 0.6 is 11.8 Å². The second-order valence-corrected chi connectivity index (χ2v) is 8.03. The van der Waals surface area contributed by atoms with Gasteiger partial charge in [-0.15, -0.1) is 0 Å². The highest BCUT2D eigenvalue weighted by Gasteiger charge is 2.21. The molecule has 0 bridgehead atoms. The highest BCUT2D eigenvalue weighted by atomic mass is 32.2. The summed E-state index contributed by atoms with van der Waals surface area (Å²) in [7, 11) is 1.41. The molecule has 30 heavy (non-hydrogen) atoms. The highest BCUT2D eigenvalue weighted by Crippen LogP contribution is 2.33. The minimum absolute atomic E-state index is 0.219. The van der Waals surface area contributed by atoms with Crippen LogP contribution in [0.15, 0.2) is 65.7 Å². The quantitative estimate of drug-likeness (QED) is 0.255. The molecule has 152 valence electrons. The molecule has 5 nitrogen and oxygen atoms in total. The van der Waals surface area contributed by atoms with Crippen LogP contribution in [0.5, 0.6) is 0 Å². The van der Waals surface area contributed by atoms with E-state index in [-0.39, 0.29) is 11.7 Å². The molecule has 2 heterocycles. The van der Waals surface area contributed by atoms with Crippen LogP contribution in [-0.2, 0) is 16.0 Å². The van der Waals surface area contributed by atoms with E-state index in [0.717, 1.165) is 45.2 Å². The van der Waals surface area contributed by atoms with Gasteiger partial charge in [-0.05, 0) is 25.0 Å². The number of benzene rings is 2. The van der Waals surface area contributed by atoms with E-state index in [1.807, 2.05) is 54.8 Å². The average molecular weight is 418 g/mol. The fourth-order valence-corrected chi connectivity index (χ4v) is 4.57. The van der Waals surface area contributed by atoms with Crippen LogP contribution in [0, 0.1) is 13.8 Å². The summed E-state index contributed by atoms with van der Waals surface area (Å²) in [5, 5.41) is 5.75. The van der Waals surface area contributed by atoms with E-state index in [2.05, 4.69) is 24.3 Å². The number of carbonyl (C=O) groups is 1. The summed E-state index contributed by atoms with van der Waals surface area (Å²) in [6, 6.07) is 20.4. The van der Waals surface area contributed by atoms with Crippen LogP contribution in [0.1, 0.15) is 22.5 Å². The van der Waals surface area contributed by atoms with Crippen LogP contribution in [-0.4, -0.2) is 33.4 Å². The number of nitrogens with zero attached hydrogens (tertiary/aromatic N) is 3. The molecule has 0 unspecified atom stereocenters. The Morgan fingerprint density at radius 1 is 1.00 bits per heavy atom. The van der Waals surface area contributed by atoms with Crippen molar-refractivity contribution in [1.29, 1.82) is 0 Å². The SMILES string of the molecule is COC(=O)CSc1c(Cc2ccccc2)c(C)nc2c(-c3ccccc3)c(C)nn12. The Labute approximate surface area is 180 Å². The van der Waals surface area contributed by atoms with Gasteiger partial charge >= 0.3 is 5.97 Å². The summed E-state index contributed by atoms with van der Waals surface area (Å²) in [5.41, 5.74) is 7.01. The summed E-state index contributed by atoms with van der Waals surface area (Å²) < 4.78 is 6.75. The lowest BCUT2D eigenvalue weighted by Gasteiger charge is -2.14. The molecule has 0 aliphatic rings. The molecule has 4 aromatic rings. The molecule has 0 aliphatic heterocycles. The maximum Gasteiger partial charge on any atom is 0.316 e. The molecule has 0 spiro atoms. The zero-order valence-electron chi connectivity index (χ0n) is 17.3.